The highest BCUT2D eigenvalue weighted by molar-refractivity contribution is 9.10. The van der Waals surface area contributed by atoms with Crippen LogP contribution in [0.4, 0.5) is 0 Å². The number of nitriles is 1. The largest absolute Gasteiger partial charge is 0.454 e. The molecule has 0 unspecified atom stereocenters. The van der Waals surface area contributed by atoms with E-state index in [9.17, 15) is 0 Å². The van der Waals surface area contributed by atoms with Crippen LogP contribution < -0.4 is 0 Å². The van der Waals surface area contributed by atoms with Gasteiger partial charge in [0, 0.05) is 15.2 Å². The van der Waals surface area contributed by atoms with Crippen LogP contribution >= 0.6 is 27.5 Å². The van der Waals surface area contributed by atoms with Crippen LogP contribution in [-0.4, -0.2) is 0 Å². The second-order valence-corrected chi connectivity index (χ2v) is 4.92. The Morgan fingerprint density at radius 2 is 2.06 bits per heavy atom. The Labute approximate surface area is 111 Å². The van der Waals surface area contributed by atoms with E-state index in [0.29, 0.717) is 21.8 Å². The maximum atomic E-state index is 8.85. The van der Waals surface area contributed by atoms with Crippen LogP contribution in [-0.2, 0) is 0 Å². The highest BCUT2D eigenvalue weighted by Gasteiger charge is 2.13. The Hall–Kier alpha value is -1.50. The number of fused-ring (bicyclic) bond motifs is 3. The topological polar surface area (TPSA) is 36.9 Å². The van der Waals surface area contributed by atoms with Crippen molar-refractivity contribution < 1.29 is 4.42 Å². The summed E-state index contributed by atoms with van der Waals surface area (Å²) in [5, 5.41) is 11.3. The van der Waals surface area contributed by atoms with E-state index < -0.39 is 0 Å². The molecular weight excluding hydrogens is 302 g/mol. The predicted molar refractivity (Wildman–Crippen MR) is 71.1 cm³/mol. The van der Waals surface area contributed by atoms with Gasteiger partial charge in [-0.05, 0) is 30.3 Å². The first kappa shape index (κ1) is 10.6. The second-order valence-electron chi connectivity index (χ2n) is 3.66. The summed E-state index contributed by atoms with van der Waals surface area (Å²) in [5.41, 5.74) is 1.89. The Kier molecular flexibility index (Phi) is 2.36. The molecular formula is C13H5BrClNO. The first-order valence-electron chi connectivity index (χ1n) is 4.91. The highest BCUT2D eigenvalue weighted by atomic mass is 79.9. The number of hydrogen-bond acceptors (Lipinski definition) is 2. The van der Waals surface area contributed by atoms with Gasteiger partial charge in [-0.2, -0.15) is 5.26 Å². The first-order valence-corrected chi connectivity index (χ1v) is 6.08. The van der Waals surface area contributed by atoms with Crippen LogP contribution in [0.1, 0.15) is 5.56 Å². The zero-order chi connectivity index (χ0) is 12.0. The Bertz CT molecular complexity index is 785. The normalized spacial score (nSPS) is 10.9. The summed E-state index contributed by atoms with van der Waals surface area (Å²) in [5.74, 6) is 0. The maximum Gasteiger partial charge on any atom is 0.155 e. The fourth-order valence-corrected chi connectivity index (χ4v) is 2.60. The summed E-state index contributed by atoms with van der Waals surface area (Å²) >= 11 is 9.58. The Morgan fingerprint density at radius 1 is 1.24 bits per heavy atom. The molecule has 0 aliphatic rings. The van der Waals surface area contributed by atoms with Gasteiger partial charge in [0.15, 0.2) is 5.58 Å². The van der Waals surface area contributed by atoms with Crippen molar-refractivity contribution in [2.45, 2.75) is 0 Å². The van der Waals surface area contributed by atoms with Crippen LogP contribution in [0.15, 0.2) is 39.2 Å². The predicted octanol–water partition coefficient (Wildman–Crippen LogP) is 4.87. The molecule has 0 spiro atoms. The lowest BCUT2D eigenvalue weighted by Gasteiger charge is -1.95. The molecule has 17 heavy (non-hydrogen) atoms. The summed E-state index contributed by atoms with van der Waals surface area (Å²) in [6.07, 6.45) is 0. The van der Waals surface area contributed by atoms with Gasteiger partial charge in [-0.15, -0.1) is 0 Å². The molecule has 0 aliphatic carbocycles. The van der Waals surface area contributed by atoms with Crippen LogP contribution in [0, 0.1) is 11.3 Å². The highest BCUT2D eigenvalue weighted by Crippen LogP contribution is 2.38. The van der Waals surface area contributed by atoms with Gasteiger partial charge in [0.2, 0.25) is 0 Å². The third-order valence-corrected chi connectivity index (χ3v) is 3.61. The van der Waals surface area contributed by atoms with Crippen LogP contribution in [0.5, 0.6) is 0 Å². The zero-order valence-corrected chi connectivity index (χ0v) is 10.8. The van der Waals surface area contributed by atoms with Crippen LogP contribution in [0.25, 0.3) is 21.9 Å². The summed E-state index contributed by atoms with van der Waals surface area (Å²) in [4.78, 5) is 0. The molecule has 2 nitrogen and oxygen atoms in total. The van der Waals surface area contributed by atoms with Gasteiger partial charge in [-0.3, -0.25) is 0 Å². The number of hydrogen-bond donors (Lipinski definition) is 0. The van der Waals surface area contributed by atoms with Crippen molar-refractivity contribution in [1.82, 2.24) is 0 Å². The minimum absolute atomic E-state index is 0.568. The molecule has 82 valence electrons. The zero-order valence-electron chi connectivity index (χ0n) is 8.50. The molecule has 0 saturated carbocycles. The molecule has 3 aromatic rings. The van der Waals surface area contributed by atoms with Gasteiger partial charge in [0.25, 0.3) is 0 Å². The van der Waals surface area contributed by atoms with E-state index in [-0.39, 0.29) is 0 Å². The van der Waals surface area contributed by atoms with Crippen LogP contribution in [0.3, 0.4) is 0 Å². The van der Waals surface area contributed by atoms with Crippen molar-refractivity contribution in [3.8, 4) is 6.07 Å². The van der Waals surface area contributed by atoms with E-state index in [4.69, 9.17) is 21.3 Å². The van der Waals surface area contributed by atoms with Crippen molar-refractivity contribution in [2.75, 3.05) is 0 Å². The van der Waals surface area contributed by atoms with Crippen molar-refractivity contribution >= 4 is 49.5 Å². The monoisotopic (exact) mass is 305 g/mol. The van der Waals surface area contributed by atoms with Crippen molar-refractivity contribution in [3.63, 3.8) is 0 Å². The summed E-state index contributed by atoms with van der Waals surface area (Å²) in [7, 11) is 0. The van der Waals surface area contributed by atoms with Gasteiger partial charge in [0.1, 0.15) is 5.58 Å². The number of furan rings is 1. The third kappa shape index (κ3) is 1.53. The Morgan fingerprint density at radius 3 is 2.82 bits per heavy atom. The molecule has 2 aromatic carbocycles. The quantitative estimate of drug-likeness (QED) is 0.594. The third-order valence-electron chi connectivity index (χ3n) is 2.65. The van der Waals surface area contributed by atoms with Crippen molar-refractivity contribution in [3.05, 3.63) is 45.4 Å². The van der Waals surface area contributed by atoms with E-state index >= 15 is 0 Å². The number of rotatable bonds is 0. The van der Waals surface area contributed by atoms with E-state index in [1.807, 2.05) is 12.1 Å². The maximum absolute atomic E-state index is 8.85. The lowest BCUT2D eigenvalue weighted by atomic mass is 10.1. The smallest absolute Gasteiger partial charge is 0.155 e. The molecule has 3 rings (SSSR count). The number of halogens is 2. The minimum atomic E-state index is 0.568. The van der Waals surface area contributed by atoms with E-state index in [1.54, 1.807) is 18.2 Å². The second kappa shape index (κ2) is 3.76. The van der Waals surface area contributed by atoms with Crippen molar-refractivity contribution in [1.29, 1.82) is 5.26 Å². The van der Waals surface area contributed by atoms with Gasteiger partial charge in [-0.1, -0.05) is 27.5 Å². The molecule has 4 heteroatoms. The van der Waals surface area contributed by atoms with Gasteiger partial charge in [0.05, 0.1) is 16.7 Å². The molecule has 1 heterocycles. The van der Waals surface area contributed by atoms with E-state index in [1.165, 1.54) is 0 Å². The summed E-state index contributed by atoms with van der Waals surface area (Å²) in [6, 6.07) is 11.1. The number of nitrogens with zero attached hydrogens (tertiary/aromatic N) is 1. The SMILES string of the molecule is N#Cc1ccc2c(c1)oc1c(Cl)ccc(Br)c12. The molecule has 0 radical (unpaired) electrons. The lowest BCUT2D eigenvalue weighted by Crippen LogP contribution is -1.73. The lowest BCUT2D eigenvalue weighted by molar-refractivity contribution is 0.669. The standard InChI is InChI=1S/C13H5BrClNO/c14-9-3-4-10(15)13-12(9)8-2-1-7(6-16)5-11(8)17-13/h1-5H. The van der Waals surface area contributed by atoms with Crippen molar-refractivity contribution in [2.24, 2.45) is 0 Å². The molecule has 1 aromatic heterocycles. The molecule has 0 bridgehead atoms. The molecule has 0 saturated heterocycles. The average molecular weight is 307 g/mol. The fraction of sp³-hybridized carbons (Fsp3) is 0. The first-order chi connectivity index (χ1) is 8.20. The van der Waals surface area contributed by atoms with E-state index in [2.05, 4.69) is 22.0 Å². The molecule has 0 amide bonds. The Balaban J connectivity index is 2.55. The van der Waals surface area contributed by atoms with E-state index in [0.717, 1.165) is 15.2 Å². The number of benzene rings is 2. The molecule has 0 aliphatic heterocycles. The summed E-state index contributed by atoms with van der Waals surface area (Å²) in [6.45, 7) is 0. The summed E-state index contributed by atoms with van der Waals surface area (Å²) < 4.78 is 6.62. The molecule has 0 fully saturated rings. The van der Waals surface area contributed by atoms with Gasteiger partial charge in [-0.25, -0.2) is 0 Å². The minimum Gasteiger partial charge on any atom is -0.454 e. The van der Waals surface area contributed by atoms with Gasteiger partial charge >= 0.3 is 0 Å². The fourth-order valence-electron chi connectivity index (χ4n) is 1.88. The van der Waals surface area contributed by atoms with Gasteiger partial charge < -0.3 is 4.42 Å². The van der Waals surface area contributed by atoms with Crippen LogP contribution in [0.2, 0.25) is 5.02 Å². The molecule has 0 atom stereocenters. The molecule has 0 N–H and O–H groups in total. The average Bonchev–Trinajstić information content (AvgIpc) is 2.73.